The van der Waals surface area contributed by atoms with Crippen LogP contribution < -0.4 is 0 Å². The minimum atomic E-state index is 1.05. The molecule has 0 aliphatic rings. The van der Waals surface area contributed by atoms with Crippen molar-refractivity contribution >= 4 is 15.9 Å². The van der Waals surface area contributed by atoms with Gasteiger partial charge in [-0.1, -0.05) is 41.4 Å². The molecule has 0 aliphatic carbocycles. The van der Waals surface area contributed by atoms with Gasteiger partial charge in [0.15, 0.2) is 0 Å². The number of hydrogen-bond donors (Lipinski definition) is 0. The predicted molar refractivity (Wildman–Crippen MR) is 65.4 cm³/mol. The highest BCUT2D eigenvalue weighted by Crippen LogP contribution is 2.11. The fourth-order valence-corrected chi connectivity index (χ4v) is 1.67. The van der Waals surface area contributed by atoms with E-state index in [1.54, 1.807) is 0 Å². The summed E-state index contributed by atoms with van der Waals surface area (Å²) in [4.78, 5) is 2.37. The normalized spacial score (nSPS) is 10.9. The van der Waals surface area contributed by atoms with E-state index in [9.17, 15) is 0 Å². The first kappa shape index (κ1) is 11.7. The van der Waals surface area contributed by atoms with Gasteiger partial charge >= 0.3 is 0 Å². The van der Waals surface area contributed by atoms with Crippen molar-refractivity contribution in [2.75, 3.05) is 13.6 Å². The van der Waals surface area contributed by atoms with Crippen LogP contribution in [0.25, 0.3) is 0 Å². The van der Waals surface area contributed by atoms with Gasteiger partial charge < -0.3 is 4.90 Å². The van der Waals surface area contributed by atoms with Gasteiger partial charge in [0.25, 0.3) is 0 Å². The molecular formula is C12H18BrN. The fourth-order valence-electron chi connectivity index (χ4n) is 1.41. The lowest BCUT2D eigenvalue weighted by atomic mass is 10.2. The molecule has 0 spiro atoms. The van der Waals surface area contributed by atoms with Gasteiger partial charge in [0.2, 0.25) is 0 Å². The summed E-state index contributed by atoms with van der Waals surface area (Å²) < 4.78 is 1.15. The van der Waals surface area contributed by atoms with Crippen molar-refractivity contribution in [3.05, 3.63) is 34.3 Å². The molecule has 0 atom stereocenters. The second kappa shape index (κ2) is 6.20. The molecular weight excluding hydrogens is 238 g/mol. The summed E-state index contributed by atoms with van der Waals surface area (Å²) in [5, 5.41) is 0. The second-order valence-corrected chi connectivity index (χ2v) is 4.63. The summed E-state index contributed by atoms with van der Waals surface area (Å²) in [5.74, 6) is 0. The third-order valence-corrected chi connectivity index (χ3v) is 2.79. The summed E-state index contributed by atoms with van der Waals surface area (Å²) in [6, 6.07) is 8.55. The smallest absolute Gasteiger partial charge is 0.0230 e. The first-order valence-electron chi connectivity index (χ1n) is 5.15. The molecule has 1 aromatic rings. The Kier molecular flexibility index (Phi) is 5.20. The van der Waals surface area contributed by atoms with E-state index in [-0.39, 0.29) is 0 Å². The SMILES string of the molecule is CCCCN(C)Cc1ccc(Br)cc1. The highest BCUT2D eigenvalue weighted by atomic mass is 79.9. The zero-order valence-electron chi connectivity index (χ0n) is 8.96. The van der Waals surface area contributed by atoms with Crippen molar-refractivity contribution in [3.63, 3.8) is 0 Å². The molecule has 0 amide bonds. The van der Waals surface area contributed by atoms with E-state index in [2.05, 4.69) is 59.1 Å². The van der Waals surface area contributed by atoms with Crippen LogP contribution in [0.1, 0.15) is 25.3 Å². The second-order valence-electron chi connectivity index (χ2n) is 3.72. The quantitative estimate of drug-likeness (QED) is 0.776. The number of hydrogen-bond acceptors (Lipinski definition) is 1. The molecule has 78 valence electrons. The number of unbranched alkanes of at least 4 members (excludes halogenated alkanes) is 1. The largest absolute Gasteiger partial charge is 0.302 e. The maximum Gasteiger partial charge on any atom is 0.0230 e. The summed E-state index contributed by atoms with van der Waals surface area (Å²) in [5.41, 5.74) is 1.38. The van der Waals surface area contributed by atoms with E-state index in [0.29, 0.717) is 0 Å². The zero-order chi connectivity index (χ0) is 10.4. The van der Waals surface area contributed by atoms with E-state index < -0.39 is 0 Å². The van der Waals surface area contributed by atoms with Crippen LogP contribution in [0.15, 0.2) is 28.7 Å². The predicted octanol–water partition coefficient (Wildman–Crippen LogP) is 3.68. The van der Waals surface area contributed by atoms with Crippen molar-refractivity contribution in [2.24, 2.45) is 0 Å². The summed E-state index contributed by atoms with van der Waals surface area (Å²) in [6.45, 7) is 4.47. The van der Waals surface area contributed by atoms with Gasteiger partial charge in [0, 0.05) is 11.0 Å². The van der Waals surface area contributed by atoms with Crippen molar-refractivity contribution in [3.8, 4) is 0 Å². The molecule has 1 nitrogen and oxygen atoms in total. The van der Waals surface area contributed by atoms with Gasteiger partial charge in [0.05, 0.1) is 0 Å². The van der Waals surface area contributed by atoms with E-state index in [4.69, 9.17) is 0 Å². The average Bonchev–Trinajstić information content (AvgIpc) is 2.18. The molecule has 2 heteroatoms. The standard InChI is InChI=1S/C12H18BrN/c1-3-4-9-14(2)10-11-5-7-12(13)8-6-11/h5-8H,3-4,9-10H2,1-2H3. The summed E-state index contributed by atoms with van der Waals surface area (Å²) in [6.07, 6.45) is 2.55. The number of rotatable bonds is 5. The molecule has 0 saturated carbocycles. The fraction of sp³-hybridized carbons (Fsp3) is 0.500. The molecule has 0 radical (unpaired) electrons. The summed E-state index contributed by atoms with van der Waals surface area (Å²) in [7, 11) is 2.18. The van der Waals surface area contributed by atoms with E-state index in [0.717, 1.165) is 11.0 Å². The lowest BCUT2D eigenvalue weighted by Crippen LogP contribution is -2.18. The van der Waals surface area contributed by atoms with Crippen LogP contribution in [0.4, 0.5) is 0 Å². The molecule has 1 rings (SSSR count). The minimum absolute atomic E-state index is 1.05. The van der Waals surface area contributed by atoms with Crippen molar-refractivity contribution < 1.29 is 0 Å². The molecule has 0 N–H and O–H groups in total. The minimum Gasteiger partial charge on any atom is -0.302 e. The molecule has 0 unspecified atom stereocenters. The number of nitrogens with zero attached hydrogens (tertiary/aromatic N) is 1. The molecule has 1 aromatic carbocycles. The molecule has 0 fully saturated rings. The Labute approximate surface area is 95.2 Å². The van der Waals surface area contributed by atoms with E-state index >= 15 is 0 Å². The van der Waals surface area contributed by atoms with Crippen LogP contribution >= 0.6 is 15.9 Å². The first-order chi connectivity index (χ1) is 6.72. The molecule has 0 bridgehead atoms. The Bertz CT molecular complexity index is 256. The maximum absolute atomic E-state index is 3.44. The van der Waals surface area contributed by atoms with Gasteiger partial charge in [-0.15, -0.1) is 0 Å². The van der Waals surface area contributed by atoms with Crippen LogP contribution in [0.5, 0.6) is 0 Å². The Balaban J connectivity index is 2.39. The van der Waals surface area contributed by atoms with Gasteiger partial charge in [-0.25, -0.2) is 0 Å². The highest BCUT2D eigenvalue weighted by molar-refractivity contribution is 9.10. The van der Waals surface area contributed by atoms with Crippen molar-refractivity contribution in [1.82, 2.24) is 4.90 Å². The zero-order valence-corrected chi connectivity index (χ0v) is 10.5. The Morgan fingerprint density at radius 2 is 1.86 bits per heavy atom. The lowest BCUT2D eigenvalue weighted by molar-refractivity contribution is 0.321. The Morgan fingerprint density at radius 1 is 1.21 bits per heavy atom. The van der Waals surface area contributed by atoms with E-state index in [1.165, 1.54) is 24.9 Å². The van der Waals surface area contributed by atoms with Gasteiger partial charge in [0.1, 0.15) is 0 Å². The molecule has 0 aliphatic heterocycles. The highest BCUT2D eigenvalue weighted by Gasteiger charge is 1.98. The van der Waals surface area contributed by atoms with Crippen LogP contribution in [0.2, 0.25) is 0 Å². The summed E-state index contributed by atoms with van der Waals surface area (Å²) >= 11 is 3.44. The molecule has 14 heavy (non-hydrogen) atoms. The number of benzene rings is 1. The molecule has 0 heterocycles. The molecule has 0 saturated heterocycles. The average molecular weight is 256 g/mol. The van der Waals surface area contributed by atoms with Crippen molar-refractivity contribution in [1.29, 1.82) is 0 Å². The van der Waals surface area contributed by atoms with Gasteiger partial charge in [-0.3, -0.25) is 0 Å². The number of halogens is 1. The van der Waals surface area contributed by atoms with Crippen LogP contribution in [-0.2, 0) is 6.54 Å². The topological polar surface area (TPSA) is 3.24 Å². The van der Waals surface area contributed by atoms with Crippen LogP contribution in [0.3, 0.4) is 0 Å². The maximum atomic E-state index is 3.44. The monoisotopic (exact) mass is 255 g/mol. The van der Waals surface area contributed by atoms with Crippen LogP contribution in [-0.4, -0.2) is 18.5 Å². The van der Waals surface area contributed by atoms with Gasteiger partial charge in [-0.2, -0.15) is 0 Å². The van der Waals surface area contributed by atoms with Crippen LogP contribution in [0, 0.1) is 0 Å². The molecule has 0 aromatic heterocycles. The lowest BCUT2D eigenvalue weighted by Gasteiger charge is -2.15. The van der Waals surface area contributed by atoms with Crippen molar-refractivity contribution in [2.45, 2.75) is 26.3 Å². The Morgan fingerprint density at radius 3 is 2.43 bits per heavy atom. The first-order valence-corrected chi connectivity index (χ1v) is 5.94. The Hall–Kier alpha value is -0.340. The van der Waals surface area contributed by atoms with Gasteiger partial charge in [-0.05, 0) is 37.7 Å². The third-order valence-electron chi connectivity index (χ3n) is 2.26. The van der Waals surface area contributed by atoms with E-state index in [1.807, 2.05) is 0 Å². The third kappa shape index (κ3) is 4.25.